The molecule has 0 radical (unpaired) electrons. The maximum Gasteiger partial charge on any atom is 0.237 e. The van der Waals surface area contributed by atoms with Gasteiger partial charge in [-0.05, 0) is 32.4 Å². The molecule has 0 aliphatic carbocycles. The number of aryl methyl sites for hydroxylation is 1. The van der Waals surface area contributed by atoms with E-state index >= 15 is 0 Å². The summed E-state index contributed by atoms with van der Waals surface area (Å²) in [6, 6.07) is 8.15. The molecule has 0 saturated carbocycles. The second-order valence-electron chi connectivity index (χ2n) is 6.38. The molecule has 3 rings (SSSR count). The van der Waals surface area contributed by atoms with E-state index < -0.39 is 0 Å². The van der Waals surface area contributed by atoms with Gasteiger partial charge in [-0.3, -0.25) is 9.69 Å². The Hall–Kier alpha value is -2.27. The zero-order chi connectivity index (χ0) is 16.9. The van der Waals surface area contributed by atoms with Crippen molar-refractivity contribution in [3.05, 3.63) is 47.8 Å². The summed E-state index contributed by atoms with van der Waals surface area (Å²) in [5.74, 6) is 0.843. The van der Waals surface area contributed by atoms with Crippen LogP contribution >= 0.6 is 0 Å². The Kier molecular flexibility index (Phi) is 5.20. The summed E-state index contributed by atoms with van der Waals surface area (Å²) in [5, 5.41) is 2.77. The first-order chi connectivity index (χ1) is 11.7. The molecule has 2 aromatic rings. The molecule has 1 unspecified atom stereocenters. The molecule has 1 atom stereocenters. The Bertz CT molecular complexity index is 699. The number of nitrogens with zero attached hydrogens (tertiary/aromatic N) is 3. The number of hydrogen-bond acceptors (Lipinski definition) is 4. The molecular formula is C19H24N4O. The van der Waals surface area contributed by atoms with Crippen LogP contribution in [0.25, 0.3) is 11.4 Å². The molecule has 1 saturated heterocycles. The number of hydrogen-bond donors (Lipinski definition) is 1. The SMILES string of the molecule is CNC(=O)C1CCCCN1Cc1cnc(-c2cccc(C)c2)nc1. The number of aromatic nitrogens is 2. The number of carbonyl (C=O) groups is 1. The van der Waals surface area contributed by atoms with Crippen molar-refractivity contribution >= 4 is 5.91 Å². The van der Waals surface area contributed by atoms with Gasteiger partial charge < -0.3 is 5.32 Å². The Morgan fingerprint density at radius 3 is 2.79 bits per heavy atom. The summed E-state index contributed by atoms with van der Waals surface area (Å²) in [7, 11) is 1.70. The molecule has 1 amide bonds. The van der Waals surface area contributed by atoms with Gasteiger partial charge in [-0.1, -0.05) is 30.2 Å². The van der Waals surface area contributed by atoms with Gasteiger partial charge in [-0.15, -0.1) is 0 Å². The number of likely N-dealkylation sites (tertiary alicyclic amines) is 1. The molecule has 5 nitrogen and oxygen atoms in total. The topological polar surface area (TPSA) is 58.1 Å². The lowest BCUT2D eigenvalue weighted by atomic mass is 10.0. The fourth-order valence-corrected chi connectivity index (χ4v) is 3.25. The van der Waals surface area contributed by atoms with Crippen molar-refractivity contribution in [2.75, 3.05) is 13.6 Å². The van der Waals surface area contributed by atoms with Gasteiger partial charge in [0.1, 0.15) is 0 Å². The van der Waals surface area contributed by atoms with Gasteiger partial charge in [-0.2, -0.15) is 0 Å². The van der Waals surface area contributed by atoms with Gasteiger partial charge in [-0.25, -0.2) is 9.97 Å². The molecule has 24 heavy (non-hydrogen) atoms. The van der Waals surface area contributed by atoms with Crippen LogP contribution in [0.2, 0.25) is 0 Å². The summed E-state index contributed by atoms with van der Waals surface area (Å²) >= 11 is 0. The average Bonchev–Trinajstić information content (AvgIpc) is 2.62. The van der Waals surface area contributed by atoms with Crippen molar-refractivity contribution in [2.24, 2.45) is 0 Å². The number of carbonyl (C=O) groups excluding carboxylic acids is 1. The molecule has 1 aromatic heterocycles. The van der Waals surface area contributed by atoms with Gasteiger partial charge in [0, 0.05) is 37.1 Å². The van der Waals surface area contributed by atoms with Gasteiger partial charge in [0.25, 0.3) is 0 Å². The molecule has 1 aliphatic heterocycles. The first-order valence-electron chi connectivity index (χ1n) is 8.51. The quantitative estimate of drug-likeness (QED) is 0.939. The summed E-state index contributed by atoms with van der Waals surface area (Å²) in [4.78, 5) is 23.3. The Morgan fingerprint density at radius 1 is 1.29 bits per heavy atom. The highest BCUT2D eigenvalue weighted by Gasteiger charge is 2.27. The zero-order valence-corrected chi connectivity index (χ0v) is 14.3. The van der Waals surface area contributed by atoms with Gasteiger partial charge in [0.2, 0.25) is 5.91 Å². The molecule has 1 aliphatic rings. The molecule has 2 heterocycles. The monoisotopic (exact) mass is 324 g/mol. The van der Waals surface area contributed by atoms with Crippen LogP contribution in [-0.4, -0.2) is 40.4 Å². The van der Waals surface area contributed by atoms with E-state index in [9.17, 15) is 4.79 Å². The third-order valence-corrected chi connectivity index (χ3v) is 4.53. The minimum atomic E-state index is -0.0415. The van der Waals surface area contributed by atoms with Crippen molar-refractivity contribution in [2.45, 2.75) is 38.8 Å². The molecule has 5 heteroatoms. The lowest BCUT2D eigenvalue weighted by Crippen LogP contribution is -2.48. The number of piperidine rings is 1. The lowest BCUT2D eigenvalue weighted by molar-refractivity contribution is -0.127. The summed E-state index contributed by atoms with van der Waals surface area (Å²) in [5.41, 5.74) is 3.27. The predicted octanol–water partition coefficient (Wildman–Crippen LogP) is 2.55. The van der Waals surface area contributed by atoms with Crippen LogP contribution in [0.15, 0.2) is 36.7 Å². The van der Waals surface area contributed by atoms with E-state index in [0.29, 0.717) is 6.54 Å². The van der Waals surface area contributed by atoms with Crippen molar-refractivity contribution in [3.8, 4) is 11.4 Å². The molecule has 1 N–H and O–H groups in total. The van der Waals surface area contributed by atoms with E-state index in [4.69, 9.17) is 0 Å². The first-order valence-corrected chi connectivity index (χ1v) is 8.51. The van der Waals surface area contributed by atoms with E-state index in [1.165, 1.54) is 5.56 Å². The maximum atomic E-state index is 12.1. The predicted molar refractivity (Wildman–Crippen MR) is 94.3 cm³/mol. The van der Waals surface area contributed by atoms with Crippen molar-refractivity contribution < 1.29 is 4.79 Å². The van der Waals surface area contributed by atoms with Crippen LogP contribution in [-0.2, 0) is 11.3 Å². The molecule has 0 spiro atoms. The Labute approximate surface area is 143 Å². The van der Waals surface area contributed by atoms with Gasteiger partial charge >= 0.3 is 0 Å². The normalized spacial score (nSPS) is 18.3. The largest absolute Gasteiger partial charge is 0.358 e. The van der Waals surface area contributed by atoms with Crippen LogP contribution in [0.5, 0.6) is 0 Å². The number of amides is 1. The van der Waals surface area contributed by atoms with Crippen molar-refractivity contribution in [1.82, 2.24) is 20.2 Å². The highest BCUT2D eigenvalue weighted by Crippen LogP contribution is 2.20. The maximum absolute atomic E-state index is 12.1. The van der Waals surface area contributed by atoms with E-state index in [-0.39, 0.29) is 11.9 Å². The minimum Gasteiger partial charge on any atom is -0.358 e. The van der Waals surface area contributed by atoms with Crippen LogP contribution in [0.1, 0.15) is 30.4 Å². The molecule has 126 valence electrons. The highest BCUT2D eigenvalue weighted by molar-refractivity contribution is 5.81. The standard InChI is InChI=1S/C19H24N4O/c1-14-6-5-7-16(10-14)18-21-11-15(12-22-18)13-23-9-4-3-8-17(23)19(24)20-2/h5-7,10-12,17H,3-4,8-9,13H2,1-2H3,(H,20,24). The van der Waals surface area contributed by atoms with Gasteiger partial charge in [0.15, 0.2) is 5.82 Å². The Balaban J connectivity index is 1.72. The lowest BCUT2D eigenvalue weighted by Gasteiger charge is -2.34. The third-order valence-electron chi connectivity index (χ3n) is 4.53. The summed E-state index contributed by atoms with van der Waals surface area (Å²) < 4.78 is 0. The van der Waals surface area contributed by atoms with Crippen LogP contribution in [0.3, 0.4) is 0 Å². The molecule has 0 bridgehead atoms. The van der Waals surface area contributed by atoms with Gasteiger partial charge in [0.05, 0.1) is 6.04 Å². The van der Waals surface area contributed by atoms with E-state index in [1.54, 1.807) is 7.05 Å². The number of benzene rings is 1. The van der Waals surface area contributed by atoms with Crippen LogP contribution in [0.4, 0.5) is 0 Å². The molecule has 1 fully saturated rings. The van der Waals surface area contributed by atoms with Crippen molar-refractivity contribution in [1.29, 1.82) is 0 Å². The molecular weight excluding hydrogens is 300 g/mol. The third kappa shape index (κ3) is 3.79. The fraction of sp³-hybridized carbons (Fsp3) is 0.421. The van der Waals surface area contributed by atoms with Crippen LogP contribution in [0, 0.1) is 6.92 Å². The van der Waals surface area contributed by atoms with E-state index in [1.807, 2.05) is 24.5 Å². The second-order valence-corrected chi connectivity index (χ2v) is 6.38. The zero-order valence-electron chi connectivity index (χ0n) is 14.3. The summed E-state index contributed by atoms with van der Waals surface area (Å²) in [6.07, 6.45) is 6.91. The Morgan fingerprint density at radius 2 is 2.08 bits per heavy atom. The minimum absolute atomic E-state index is 0.0415. The molecule has 1 aromatic carbocycles. The fourth-order valence-electron chi connectivity index (χ4n) is 3.25. The second kappa shape index (κ2) is 7.53. The summed E-state index contributed by atoms with van der Waals surface area (Å²) in [6.45, 7) is 3.72. The van der Waals surface area contributed by atoms with Crippen molar-refractivity contribution in [3.63, 3.8) is 0 Å². The number of nitrogens with one attached hydrogen (secondary N) is 1. The van der Waals surface area contributed by atoms with E-state index in [0.717, 1.165) is 42.8 Å². The average molecular weight is 324 g/mol. The van der Waals surface area contributed by atoms with E-state index in [2.05, 4.69) is 39.2 Å². The number of rotatable bonds is 4. The van der Waals surface area contributed by atoms with Crippen LogP contribution < -0.4 is 5.32 Å². The first kappa shape index (κ1) is 16.6. The smallest absolute Gasteiger partial charge is 0.237 e. The number of likely N-dealkylation sites (N-methyl/N-ethyl adjacent to an activating group) is 1. The highest BCUT2D eigenvalue weighted by atomic mass is 16.2.